The van der Waals surface area contributed by atoms with Crippen molar-refractivity contribution >= 4 is 27.3 Å². The molecule has 2 rings (SSSR count). The maximum Gasteiger partial charge on any atom is 0.161 e. The Morgan fingerprint density at radius 2 is 1.90 bits per heavy atom. The normalized spacial score (nSPS) is 12.2. The van der Waals surface area contributed by atoms with Gasteiger partial charge in [-0.25, -0.2) is 4.98 Å². The van der Waals surface area contributed by atoms with Crippen molar-refractivity contribution in [1.82, 2.24) is 10.3 Å². The molecule has 0 aliphatic carbocycles. The monoisotopic (exact) mass is 356 g/mol. The molecule has 0 fully saturated rings. The second-order valence-corrected chi connectivity index (χ2v) is 5.99. The highest BCUT2D eigenvalue weighted by Gasteiger charge is 2.15. The van der Waals surface area contributed by atoms with E-state index in [4.69, 9.17) is 9.47 Å². The maximum absolute atomic E-state index is 5.35. The largest absolute Gasteiger partial charge is 0.493 e. The third kappa shape index (κ3) is 2.97. The first-order chi connectivity index (χ1) is 9.60. The number of halogens is 1. The molecule has 0 radical (unpaired) electrons. The first-order valence-electron chi connectivity index (χ1n) is 6.15. The number of rotatable bonds is 5. The van der Waals surface area contributed by atoms with Gasteiger partial charge in [-0.15, -0.1) is 11.3 Å². The maximum atomic E-state index is 5.35. The fourth-order valence-electron chi connectivity index (χ4n) is 1.77. The van der Waals surface area contributed by atoms with Crippen molar-refractivity contribution < 1.29 is 9.47 Å². The number of hydrogen-bond acceptors (Lipinski definition) is 5. The molecule has 1 unspecified atom stereocenters. The molecule has 0 amide bonds. The third-order valence-corrected chi connectivity index (χ3v) is 4.65. The molecule has 1 aromatic heterocycles. The summed E-state index contributed by atoms with van der Waals surface area (Å²) in [5, 5.41) is 6.21. The number of ether oxygens (including phenoxy) is 2. The van der Waals surface area contributed by atoms with Gasteiger partial charge in [-0.2, -0.15) is 0 Å². The van der Waals surface area contributed by atoms with Gasteiger partial charge in [-0.3, -0.25) is 0 Å². The van der Waals surface area contributed by atoms with Crippen LogP contribution in [0.5, 0.6) is 11.5 Å². The lowest BCUT2D eigenvalue weighted by Gasteiger charge is -2.10. The highest BCUT2D eigenvalue weighted by Crippen LogP contribution is 2.39. The number of thiazole rings is 1. The third-order valence-electron chi connectivity index (χ3n) is 3.10. The zero-order valence-electron chi connectivity index (χ0n) is 11.9. The number of methoxy groups -OCH3 is 2. The predicted molar refractivity (Wildman–Crippen MR) is 85.8 cm³/mol. The number of nitrogens with one attached hydrogen (secondary N) is 1. The van der Waals surface area contributed by atoms with E-state index in [9.17, 15) is 0 Å². The molecule has 0 spiro atoms. The summed E-state index contributed by atoms with van der Waals surface area (Å²) in [5.74, 6) is 1.40. The SMILES string of the molecule is CNC(C)c1csc(-c2cc(OC)c(OC)cc2Br)n1. The van der Waals surface area contributed by atoms with Crippen LogP contribution < -0.4 is 14.8 Å². The molecular formula is C14H17BrN2O2S. The molecule has 0 saturated carbocycles. The first-order valence-corrected chi connectivity index (χ1v) is 7.82. The molecule has 1 atom stereocenters. The van der Waals surface area contributed by atoms with Gasteiger partial charge < -0.3 is 14.8 Å². The molecule has 0 bridgehead atoms. The van der Waals surface area contributed by atoms with Crippen molar-refractivity contribution in [2.75, 3.05) is 21.3 Å². The van der Waals surface area contributed by atoms with Crippen molar-refractivity contribution in [1.29, 1.82) is 0 Å². The van der Waals surface area contributed by atoms with Crippen LogP contribution in [0.15, 0.2) is 22.0 Å². The van der Waals surface area contributed by atoms with E-state index in [1.807, 2.05) is 19.2 Å². The topological polar surface area (TPSA) is 43.4 Å². The molecule has 4 nitrogen and oxygen atoms in total. The van der Waals surface area contributed by atoms with Crippen LogP contribution in [0.2, 0.25) is 0 Å². The van der Waals surface area contributed by atoms with E-state index in [-0.39, 0.29) is 6.04 Å². The molecule has 0 saturated heterocycles. The van der Waals surface area contributed by atoms with E-state index < -0.39 is 0 Å². The highest BCUT2D eigenvalue weighted by atomic mass is 79.9. The number of aromatic nitrogens is 1. The molecule has 2 aromatic rings. The number of hydrogen-bond donors (Lipinski definition) is 1. The molecule has 108 valence electrons. The number of benzene rings is 1. The van der Waals surface area contributed by atoms with Crippen LogP contribution in [-0.2, 0) is 0 Å². The number of nitrogens with zero attached hydrogens (tertiary/aromatic N) is 1. The van der Waals surface area contributed by atoms with E-state index >= 15 is 0 Å². The van der Waals surface area contributed by atoms with Crippen molar-refractivity contribution in [3.05, 3.63) is 27.7 Å². The van der Waals surface area contributed by atoms with Gasteiger partial charge in [0.1, 0.15) is 5.01 Å². The molecule has 0 aliphatic heterocycles. The molecule has 6 heteroatoms. The second-order valence-electron chi connectivity index (χ2n) is 4.27. The summed E-state index contributed by atoms with van der Waals surface area (Å²) >= 11 is 5.18. The minimum atomic E-state index is 0.235. The van der Waals surface area contributed by atoms with Crippen LogP contribution >= 0.6 is 27.3 Å². The van der Waals surface area contributed by atoms with Gasteiger partial charge in [-0.1, -0.05) is 0 Å². The summed E-state index contributed by atoms with van der Waals surface area (Å²) in [5.41, 5.74) is 2.04. The Kier molecular flexibility index (Phi) is 5.01. The van der Waals surface area contributed by atoms with Crippen LogP contribution in [0, 0.1) is 0 Å². The molecule has 20 heavy (non-hydrogen) atoms. The fraction of sp³-hybridized carbons (Fsp3) is 0.357. The molecular weight excluding hydrogens is 340 g/mol. The summed E-state index contributed by atoms with van der Waals surface area (Å²) in [6.45, 7) is 2.09. The van der Waals surface area contributed by atoms with E-state index in [1.165, 1.54) is 0 Å². The Hall–Kier alpha value is -1.11. The van der Waals surface area contributed by atoms with E-state index in [0.717, 1.165) is 20.7 Å². The van der Waals surface area contributed by atoms with Crippen LogP contribution in [0.3, 0.4) is 0 Å². The van der Waals surface area contributed by atoms with Crippen molar-refractivity contribution in [3.63, 3.8) is 0 Å². The standard InChI is InChI=1S/C14H17BrN2O2S/c1-8(16-2)11-7-20-14(17-11)9-5-12(18-3)13(19-4)6-10(9)15/h5-8,16H,1-4H3. The fourth-order valence-corrected chi connectivity index (χ4v) is 3.36. The summed E-state index contributed by atoms with van der Waals surface area (Å²) in [6, 6.07) is 4.07. The minimum Gasteiger partial charge on any atom is -0.493 e. The van der Waals surface area contributed by atoms with Gasteiger partial charge in [-0.05, 0) is 42.0 Å². The van der Waals surface area contributed by atoms with Gasteiger partial charge in [0.15, 0.2) is 11.5 Å². The van der Waals surface area contributed by atoms with Gasteiger partial charge in [0.2, 0.25) is 0 Å². The quantitative estimate of drug-likeness (QED) is 0.882. The second kappa shape index (κ2) is 6.56. The van der Waals surface area contributed by atoms with Crippen LogP contribution in [0.1, 0.15) is 18.7 Å². The summed E-state index contributed by atoms with van der Waals surface area (Å²) in [4.78, 5) is 4.67. The zero-order chi connectivity index (χ0) is 14.7. The average molecular weight is 357 g/mol. The Balaban J connectivity index is 2.44. The average Bonchev–Trinajstić information content (AvgIpc) is 2.95. The summed E-state index contributed by atoms with van der Waals surface area (Å²) in [7, 11) is 5.18. The molecule has 1 heterocycles. The van der Waals surface area contributed by atoms with Crippen LogP contribution in [-0.4, -0.2) is 26.3 Å². The first kappa shape index (κ1) is 15.3. The lowest BCUT2D eigenvalue weighted by molar-refractivity contribution is 0.355. The Morgan fingerprint density at radius 3 is 2.50 bits per heavy atom. The zero-order valence-corrected chi connectivity index (χ0v) is 14.3. The van der Waals surface area contributed by atoms with Crippen molar-refractivity contribution in [3.8, 4) is 22.1 Å². The predicted octanol–water partition coefficient (Wildman–Crippen LogP) is 3.87. The van der Waals surface area contributed by atoms with Gasteiger partial charge in [0, 0.05) is 21.5 Å². The molecule has 1 N–H and O–H groups in total. The smallest absolute Gasteiger partial charge is 0.161 e. The van der Waals surface area contributed by atoms with Crippen LogP contribution in [0.25, 0.3) is 10.6 Å². The highest BCUT2D eigenvalue weighted by molar-refractivity contribution is 9.10. The Morgan fingerprint density at radius 1 is 1.25 bits per heavy atom. The lowest BCUT2D eigenvalue weighted by atomic mass is 10.2. The van der Waals surface area contributed by atoms with E-state index in [2.05, 4.69) is 38.5 Å². The molecule has 1 aromatic carbocycles. The van der Waals surface area contributed by atoms with Crippen molar-refractivity contribution in [2.45, 2.75) is 13.0 Å². The van der Waals surface area contributed by atoms with Crippen LogP contribution in [0.4, 0.5) is 0 Å². The van der Waals surface area contributed by atoms with Gasteiger partial charge >= 0.3 is 0 Å². The lowest BCUT2D eigenvalue weighted by Crippen LogP contribution is -2.12. The molecule has 0 aliphatic rings. The van der Waals surface area contributed by atoms with Gasteiger partial charge in [0.05, 0.1) is 19.9 Å². The van der Waals surface area contributed by atoms with Crippen molar-refractivity contribution in [2.24, 2.45) is 0 Å². The van der Waals surface area contributed by atoms with E-state index in [1.54, 1.807) is 25.6 Å². The minimum absolute atomic E-state index is 0.235. The Labute approximate surface area is 131 Å². The summed E-state index contributed by atoms with van der Waals surface area (Å²) < 4.78 is 11.6. The van der Waals surface area contributed by atoms with E-state index in [0.29, 0.717) is 11.5 Å². The van der Waals surface area contributed by atoms with Gasteiger partial charge in [0.25, 0.3) is 0 Å². The summed E-state index contributed by atoms with van der Waals surface area (Å²) in [6.07, 6.45) is 0. The Bertz CT molecular complexity index is 601.